The quantitative estimate of drug-likeness (QED) is 0.416. The lowest BCUT2D eigenvalue weighted by atomic mass is 10.1. The fraction of sp³-hybridized carbons (Fsp3) is 0.208. The van der Waals surface area contributed by atoms with Gasteiger partial charge >= 0.3 is 0 Å². The second kappa shape index (κ2) is 10.9. The molecule has 0 unspecified atom stereocenters. The molecule has 0 fully saturated rings. The van der Waals surface area contributed by atoms with Crippen LogP contribution in [0.3, 0.4) is 0 Å². The summed E-state index contributed by atoms with van der Waals surface area (Å²) in [5, 5.41) is 4.00. The lowest BCUT2D eigenvalue weighted by Gasteiger charge is -2.25. The molecule has 0 atom stereocenters. The van der Waals surface area contributed by atoms with E-state index in [0.717, 1.165) is 22.7 Å². The molecule has 8 heteroatoms. The van der Waals surface area contributed by atoms with Crippen molar-refractivity contribution in [2.75, 3.05) is 17.4 Å². The maximum Gasteiger partial charge on any atom is 0.264 e. The first-order chi connectivity index (χ1) is 15.3. The monoisotopic (exact) mass is 490 g/mol. The third-order valence-corrected chi connectivity index (χ3v) is 7.18. The van der Waals surface area contributed by atoms with Crippen molar-refractivity contribution >= 4 is 44.8 Å². The molecule has 32 heavy (non-hydrogen) atoms. The van der Waals surface area contributed by atoms with E-state index >= 15 is 0 Å². The highest BCUT2D eigenvalue weighted by Crippen LogP contribution is 2.28. The van der Waals surface area contributed by atoms with Crippen LogP contribution in [0.4, 0.5) is 5.69 Å². The van der Waals surface area contributed by atoms with E-state index in [2.05, 4.69) is 5.32 Å². The third-order valence-electron chi connectivity index (χ3n) is 4.92. The van der Waals surface area contributed by atoms with Crippen molar-refractivity contribution in [2.24, 2.45) is 0 Å². The van der Waals surface area contributed by atoms with Crippen molar-refractivity contribution in [1.82, 2.24) is 5.32 Å². The normalized spacial score (nSPS) is 11.2. The van der Waals surface area contributed by atoms with Crippen LogP contribution in [-0.4, -0.2) is 27.4 Å². The number of benzene rings is 3. The van der Waals surface area contributed by atoms with Gasteiger partial charge in [0, 0.05) is 16.6 Å². The molecule has 1 amide bonds. The van der Waals surface area contributed by atoms with Gasteiger partial charge in [-0.3, -0.25) is 9.10 Å². The molecule has 0 aliphatic carbocycles. The minimum Gasteiger partial charge on any atom is -0.355 e. The van der Waals surface area contributed by atoms with Gasteiger partial charge in [-0.25, -0.2) is 8.42 Å². The molecule has 0 bridgehead atoms. The highest BCUT2D eigenvalue weighted by Gasteiger charge is 2.28. The average Bonchev–Trinajstić information content (AvgIpc) is 2.77. The number of nitrogens with one attached hydrogen (secondary N) is 1. The summed E-state index contributed by atoms with van der Waals surface area (Å²) in [7, 11) is -3.95. The summed E-state index contributed by atoms with van der Waals surface area (Å²) >= 11 is 11.9. The van der Waals surface area contributed by atoms with Gasteiger partial charge in [0.2, 0.25) is 5.91 Å². The molecule has 0 aliphatic rings. The zero-order valence-electron chi connectivity index (χ0n) is 17.6. The van der Waals surface area contributed by atoms with Crippen molar-refractivity contribution in [2.45, 2.75) is 24.7 Å². The lowest BCUT2D eigenvalue weighted by Crippen LogP contribution is -2.41. The molecule has 0 saturated heterocycles. The molecule has 0 radical (unpaired) electrons. The number of amides is 1. The Kier molecular flexibility index (Phi) is 8.18. The Hall–Kier alpha value is -2.54. The highest BCUT2D eigenvalue weighted by atomic mass is 35.5. The Bertz CT molecular complexity index is 1170. The van der Waals surface area contributed by atoms with E-state index in [1.807, 2.05) is 24.3 Å². The number of sulfonamides is 1. The Morgan fingerprint density at radius 1 is 0.938 bits per heavy atom. The number of hydrogen-bond acceptors (Lipinski definition) is 3. The van der Waals surface area contributed by atoms with Gasteiger partial charge in [-0.2, -0.15) is 0 Å². The predicted molar refractivity (Wildman–Crippen MR) is 130 cm³/mol. The Balaban J connectivity index is 1.72. The minimum atomic E-state index is -3.95. The van der Waals surface area contributed by atoms with Crippen LogP contribution in [-0.2, 0) is 21.2 Å². The SMILES string of the molecule is Cc1cc(Cl)ccc1N(CC(=O)NCCCc1ccc(Cl)cc1)S(=O)(=O)c1ccccc1. The van der Waals surface area contributed by atoms with Gasteiger partial charge < -0.3 is 5.32 Å². The fourth-order valence-corrected chi connectivity index (χ4v) is 5.13. The smallest absolute Gasteiger partial charge is 0.264 e. The van der Waals surface area contributed by atoms with Crippen molar-refractivity contribution in [3.8, 4) is 0 Å². The molecule has 3 aromatic rings. The van der Waals surface area contributed by atoms with E-state index < -0.39 is 10.0 Å². The van der Waals surface area contributed by atoms with Crippen LogP contribution in [0.1, 0.15) is 17.5 Å². The topological polar surface area (TPSA) is 66.5 Å². The summed E-state index contributed by atoms with van der Waals surface area (Å²) in [6.45, 7) is 1.86. The van der Waals surface area contributed by atoms with Crippen molar-refractivity contribution < 1.29 is 13.2 Å². The summed E-state index contributed by atoms with van der Waals surface area (Å²) in [4.78, 5) is 12.8. The van der Waals surface area contributed by atoms with Crippen LogP contribution in [0, 0.1) is 6.92 Å². The zero-order chi connectivity index (χ0) is 23.1. The average molecular weight is 491 g/mol. The highest BCUT2D eigenvalue weighted by molar-refractivity contribution is 7.92. The number of nitrogens with zero attached hydrogens (tertiary/aromatic N) is 1. The van der Waals surface area contributed by atoms with Crippen LogP contribution in [0.5, 0.6) is 0 Å². The van der Waals surface area contributed by atoms with Gasteiger partial charge in [-0.15, -0.1) is 0 Å². The second-order valence-corrected chi connectivity index (χ2v) is 10.1. The summed E-state index contributed by atoms with van der Waals surface area (Å²) < 4.78 is 27.8. The van der Waals surface area contributed by atoms with Gasteiger partial charge in [0.05, 0.1) is 10.6 Å². The Labute approximate surface area is 199 Å². The van der Waals surface area contributed by atoms with Gasteiger partial charge in [0.25, 0.3) is 10.0 Å². The number of carbonyl (C=O) groups excluding carboxylic acids is 1. The number of halogens is 2. The van der Waals surface area contributed by atoms with E-state index in [0.29, 0.717) is 27.8 Å². The van der Waals surface area contributed by atoms with E-state index in [1.165, 1.54) is 12.1 Å². The Morgan fingerprint density at radius 3 is 2.25 bits per heavy atom. The molecule has 0 aromatic heterocycles. The van der Waals surface area contributed by atoms with Gasteiger partial charge in [-0.1, -0.05) is 53.5 Å². The van der Waals surface area contributed by atoms with Gasteiger partial charge in [0.1, 0.15) is 6.54 Å². The summed E-state index contributed by atoms with van der Waals surface area (Å²) in [5.74, 6) is -0.380. The summed E-state index contributed by atoms with van der Waals surface area (Å²) in [6.07, 6.45) is 1.50. The number of anilines is 1. The van der Waals surface area contributed by atoms with Crippen molar-refractivity contribution in [3.63, 3.8) is 0 Å². The van der Waals surface area contributed by atoms with Crippen LogP contribution < -0.4 is 9.62 Å². The van der Waals surface area contributed by atoms with Crippen molar-refractivity contribution in [3.05, 3.63) is 94.0 Å². The third kappa shape index (κ3) is 6.25. The first-order valence-corrected chi connectivity index (χ1v) is 12.3. The lowest BCUT2D eigenvalue weighted by molar-refractivity contribution is -0.119. The maximum absolute atomic E-state index is 13.4. The first kappa shape index (κ1) is 24.1. The van der Waals surface area contributed by atoms with Crippen molar-refractivity contribution in [1.29, 1.82) is 0 Å². The number of carbonyl (C=O) groups is 1. The fourth-order valence-electron chi connectivity index (χ4n) is 3.28. The van der Waals surface area contributed by atoms with E-state index in [1.54, 1.807) is 43.3 Å². The molecular weight excluding hydrogens is 467 g/mol. The number of hydrogen-bond donors (Lipinski definition) is 1. The van der Waals surface area contributed by atoms with Gasteiger partial charge in [0.15, 0.2) is 0 Å². The molecule has 168 valence electrons. The van der Waals surface area contributed by atoms with E-state index in [9.17, 15) is 13.2 Å². The zero-order valence-corrected chi connectivity index (χ0v) is 19.9. The standard InChI is InChI=1S/C24H24Cl2N2O3S/c1-18-16-21(26)13-14-23(18)28(32(30,31)22-7-3-2-4-8-22)17-24(29)27-15-5-6-19-9-11-20(25)12-10-19/h2-4,7-14,16H,5-6,15,17H2,1H3,(H,27,29). The molecule has 5 nitrogen and oxygen atoms in total. The van der Waals surface area contributed by atoms with E-state index in [4.69, 9.17) is 23.2 Å². The molecule has 3 rings (SSSR count). The maximum atomic E-state index is 13.4. The number of rotatable bonds is 9. The second-order valence-electron chi connectivity index (χ2n) is 7.34. The summed E-state index contributed by atoms with van der Waals surface area (Å²) in [6, 6.07) is 20.5. The van der Waals surface area contributed by atoms with Crippen LogP contribution in [0.2, 0.25) is 10.0 Å². The molecule has 0 saturated carbocycles. The largest absolute Gasteiger partial charge is 0.355 e. The predicted octanol–water partition coefficient (Wildman–Crippen LogP) is 5.25. The Morgan fingerprint density at radius 2 is 1.59 bits per heavy atom. The number of aryl methyl sites for hydroxylation is 2. The molecule has 0 spiro atoms. The molecule has 3 aromatic carbocycles. The minimum absolute atomic E-state index is 0.116. The first-order valence-electron chi connectivity index (χ1n) is 10.1. The summed E-state index contributed by atoms with van der Waals surface area (Å²) in [5.41, 5.74) is 2.19. The molecule has 0 heterocycles. The molecular formula is C24H24Cl2N2O3S. The van der Waals surface area contributed by atoms with E-state index in [-0.39, 0.29) is 17.3 Å². The van der Waals surface area contributed by atoms with Crippen LogP contribution in [0.25, 0.3) is 0 Å². The van der Waals surface area contributed by atoms with Crippen LogP contribution >= 0.6 is 23.2 Å². The van der Waals surface area contributed by atoms with Gasteiger partial charge in [-0.05, 0) is 73.4 Å². The van der Waals surface area contributed by atoms with Crippen LogP contribution in [0.15, 0.2) is 77.7 Å². The molecule has 1 N–H and O–H groups in total. The molecule has 0 aliphatic heterocycles.